The van der Waals surface area contributed by atoms with Gasteiger partial charge in [-0.3, -0.25) is 4.79 Å². The zero-order chi connectivity index (χ0) is 13.7. The van der Waals surface area contributed by atoms with Crippen molar-refractivity contribution in [1.29, 1.82) is 0 Å². The Hall–Kier alpha value is -1.46. The van der Waals surface area contributed by atoms with E-state index < -0.39 is 0 Å². The van der Waals surface area contributed by atoms with E-state index in [1.54, 1.807) is 6.07 Å². The highest BCUT2D eigenvalue weighted by Gasteiger charge is 2.05. The molecule has 5 nitrogen and oxygen atoms in total. The van der Waals surface area contributed by atoms with Gasteiger partial charge in [0.05, 0.1) is 5.39 Å². The molecule has 2 rings (SSSR count). The van der Waals surface area contributed by atoms with Crippen LogP contribution in [0.25, 0.3) is 10.9 Å². The molecule has 0 N–H and O–H groups in total. The van der Waals surface area contributed by atoms with E-state index in [1.165, 1.54) is 4.68 Å². The van der Waals surface area contributed by atoms with Crippen LogP contribution in [0, 0.1) is 0 Å². The molecule has 2 aromatic rings. The molecule has 0 saturated heterocycles. The van der Waals surface area contributed by atoms with E-state index in [9.17, 15) is 4.79 Å². The second-order valence-corrected chi connectivity index (χ2v) is 4.52. The van der Waals surface area contributed by atoms with E-state index in [2.05, 4.69) is 29.1 Å². The third-order valence-corrected chi connectivity index (χ3v) is 3.37. The fourth-order valence-electron chi connectivity index (χ4n) is 2.15. The minimum atomic E-state index is -0.0508. The van der Waals surface area contributed by atoms with Gasteiger partial charge in [-0.15, -0.1) is 17.5 Å². The Labute approximate surface area is 125 Å². The zero-order valence-electron chi connectivity index (χ0n) is 12.0. The van der Waals surface area contributed by atoms with Crippen LogP contribution < -0.4 is 5.56 Å². The highest BCUT2D eigenvalue weighted by Crippen LogP contribution is 2.03. The van der Waals surface area contributed by atoms with Gasteiger partial charge in [0.25, 0.3) is 5.56 Å². The monoisotopic (exact) mass is 296 g/mol. The van der Waals surface area contributed by atoms with Crippen molar-refractivity contribution in [3.05, 3.63) is 34.6 Å². The van der Waals surface area contributed by atoms with Gasteiger partial charge >= 0.3 is 0 Å². The van der Waals surface area contributed by atoms with Crippen LogP contribution in [-0.2, 0) is 6.54 Å². The lowest BCUT2D eigenvalue weighted by atomic mass is 10.2. The predicted octanol–water partition coefficient (Wildman–Crippen LogP) is 1.95. The molecule has 1 heterocycles. The Balaban J connectivity index is 0.00000200. The number of halogens is 1. The number of rotatable bonds is 6. The SMILES string of the molecule is CCN(CC)CCCn1nnc2ccccc2c1=O.Cl. The molecule has 1 aromatic heterocycles. The van der Waals surface area contributed by atoms with Crippen LogP contribution in [0.5, 0.6) is 0 Å². The van der Waals surface area contributed by atoms with Gasteiger partial charge in [0.15, 0.2) is 0 Å². The third-order valence-electron chi connectivity index (χ3n) is 3.37. The number of hydrogen-bond donors (Lipinski definition) is 0. The summed E-state index contributed by atoms with van der Waals surface area (Å²) < 4.78 is 1.46. The molecule has 110 valence electrons. The summed E-state index contributed by atoms with van der Waals surface area (Å²) >= 11 is 0. The van der Waals surface area contributed by atoms with E-state index in [-0.39, 0.29) is 18.0 Å². The topological polar surface area (TPSA) is 51.0 Å². The molecule has 0 aliphatic rings. The Bertz CT molecular complexity index is 595. The molecule has 0 saturated carbocycles. The molecule has 1 aromatic carbocycles. The lowest BCUT2D eigenvalue weighted by Crippen LogP contribution is -2.28. The average molecular weight is 297 g/mol. The first-order valence-electron chi connectivity index (χ1n) is 6.81. The van der Waals surface area contributed by atoms with Crippen LogP contribution in [0.15, 0.2) is 29.1 Å². The summed E-state index contributed by atoms with van der Waals surface area (Å²) in [4.78, 5) is 14.5. The Morgan fingerprint density at radius 2 is 1.90 bits per heavy atom. The van der Waals surface area contributed by atoms with E-state index in [0.717, 1.165) is 26.1 Å². The highest BCUT2D eigenvalue weighted by molar-refractivity contribution is 5.85. The molecule has 0 spiro atoms. The van der Waals surface area contributed by atoms with Crippen molar-refractivity contribution in [1.82, 2.24) is 19.9 Å². The van der Waals surface area contributed by atoms with E-state index in [4.69, 9.17) is 0 Å². The second kappa shape index (κ2) is 7.97. The molecule has 0 aliphatic heterocycles. The molecular formula is C14H21ClN4O. The van der Waals surface area contributed by atoms with Gasteiger partial charge in [-0.05, 0) is 38.2 Å². The Morgan fingerprint density at radius 3 is 2.60 bits per heavy atom. The maximum atomic E-state index is 12.2. The minimum absolute atomic E-state index is 0. The fourth-order valence-corrected chi connectivity index (χ4v) is 2.15. The molecule has 6 heteroatoms. The van der Waals surface area contributed by atoms with Crippen LogP contribution in [0.3, 0.4) is 0 Å². The molecule has 0 radical (unpaired) electrons. The molecule has 0 aliphatic carbocycles. The lowest BCUT2D eigenvalue weighted by molar-refractivity contribution is 0.289. The first-order valence-corrected chi connectivity index (χ1v) is 6.81. The highest BCUT2D eigenvalue weighted by atomic mass is 35.5. The van der Waals surface area contributed by atoms with Crippen LogP contribution >= 0.6 is 12.4 Å². The van der Waals surface area contributed by atoms with Gasteiger partial charge in [0, 0.05) is 6.54 Å². The third kappa shape index (κ3) is 3.77. The fraction of sp³-hybridized carbons (Fsp3) is 0.500. The van der Waals surface area contributed by atoms with Crippen molar-refractivity contribution in [2.24, 2.45) is 0 Å². The molecule has 20 heavy (non-hydrogen) atoms. The summed E-state index contributed by atoms with van der Waals surface area (Å²) in [6.07, 6.45) is 0.911. The standard InChI is InChI=1S/C14H20N4O.ClH/c1-3-17(4-2)10-7-11-18-14(19)12-8-5-6-9-13(12)15-16-18;/h5-6,8-9H,3-4,7,10-11H2,1-2H3;1H. The largest absolute Gasteiger partial charge is 0.304 e. The summed E-state index contributed by atoms with van der Waals surface area (Å²) in [6.45, 7) is 7.96. The Morgan fingerprint density at radius 1 is 1.20 bits per heavy atom. The predicted molar refractivity (Wildman–Crippen MR) is 83.5 cm³/mol. The molecular weight excluding hydrogens is 276 g/mol. The maximum Gasteiger partial charge on any atom is 0.277 e. The average Bonchev–Trinajstić information content (AvgIpc) is 2.46. The second-order valence-electron chi connectivity index (χ2n) is 4.52. The quantitative estimate of drug-likeness (QED) is 0.817. The van der Waals surface area contributed by atoms with Crippen molar-refractivity contribution in [3.8, 4) is 0 Å². The van der Waals surface area contributed by atoms with Gasteiger partial charge in [0.2, 0.25) is 0 Å². The first kappa shape index (κ1) is 16.6. The van der Waals surface area contributed by atoms with Gasteiger partial charge in [-0.1, -0.05) is 31.2 Å². The first-order chi connectivity index (χ1) is 9.26. The summed E-state index contributed by atoms with van der Waals surface area (Å²) in [5.74, 6) is 0. The van der Waals surface area contributed by atoms with Gasteiger partial charge in [0.1, 0.15) is 5.52 Å². The number of aryl methyl sites for hydroxylation is 1. The summed E-state index contributed by atoms with van der Waals surface area (Å²) in [7, 11) is 0. The van der Waals surface area contributed by atoms with Crippen LogP contribution in [0.4, 0.5) is 0 Å². The van der Waals surface area contributed by atoms with Crippen LogP contribution in [0.2, 0.25) is 0 Å². The summed E-state index contributed by atoms with van der Waals surface area (Å²) in [6, 6.07) is 7.32. The van der Waals surface area contributed by atoms with Crippen molar-refractivity contribution >= 4 is 23.3 Å². The van der Waals surface area contributed by atoms with Crippen molar-refractivity contribution in [2.75, 3.05) is 19.6 Å². The normalized spacial score (nSPS) is 10.8. The number of benzene rings is 1. The number of aromatic nitrogens is 3. The summed E-state index contributed by atoms with van der Waals surface area (Å²) in [5, 5.41) is 8.71. The maximum absolute atomic E-state index is 12.2. The van der Waals surface area contributed by atoms with Crippen molar-refractivity contribution in [3.63, 3.8) is 0 Å². The summed E-state index contributed by atoms with van der Waals surface area (Å²) in [5.41, 5.74) is 0.609. The Kier molecular flexibility index (Phi) is 6.61. The smallest absolute Gasteiger partial charge is 0.277 e. The number of fused-ring (bicyclic) bond motifs is 1. The minimum Gasteiger partial charge on any atom is -0.304 e. The van der Waals surface area contributed by atoms with Gasteiger partial charge < -0.3 is 4.90 Å². The van der Waals surface area contributed by atoms with E-state index in [0.29, 0.717) is 17.4 Å². The van der Waals surface area contributed by atoms with Crippen molar-refractivity contribution < 1.29 is 0 Å². The number of nitrogens with zero attached hydrogens (tertiary/aromatic N) is 4. The van der Waals surface area contributed by atoms with Gasteiger partial charge in [-0.2, -0.15) is 0 Å². The van der Waals surface area contributed by atoms with Gasteiger partial charge in [-0.25, -0.2) is 4.68 Å². The number of hydrogen-bond acceptors (Lipinski definition) is 4. The van der Waals surface area contributed by atoms with E-state index in [1.807, 2.05) is 18.2 Å². The molecule has 0 unspecified atom stereocenters. The lowest BCUT2D eigenvalue weighted by Gasteiger charge is -2.17. The van der Waals surface area contributed by atoms with Crippen LogP contribution in [-0.4, -0.2) is 39.5 Å². The molecule has 0 amide bonds. The molecule has 0 fully saturated rings. The molecule has 0 atom stereocenters. The van der Waals surface area contributed by atoms with E-state index >= 15 is 0 Å². The molecule has 0 bridgehead atoms. The van der Waals surface area contributed by atoms with Crippen molar-refractivity contribution in [2.45, 2.75) is 26.8 Å². The zero-order valence-corrected chi connectivity index (χ0v) is 12.8. The van der Waals surface area contributed by atoms with Crippen LogP contribution in [0.1, 0.15) is 20.3 Å².